The van der Waals surface area contributed by atoms with Crippen molar-refractivity contribution in [1.29, 1.82) is 0 Å². The molecule has 0 radical (unpaired) electrons. The second-order valence-corrected chi connectivity index (χ2v) is 5.58. The average Bonchev–Trinajstić information content (AvgIpc) is 2.91. The fourth-order valence-electron chi connectivity index (χ4n) is 2.75. The Labute approximate surface area is 130 Å². The molecule has 1 aromatic rings. The molecule has 0 aliphatic carbocycles. The van der Waals surface area contributed by atoms with Gasteiger partial charge in [-0.25, -0.2) is 0 Å². The van der Waals surface area contributed by atoms with Crippen LogP contribution in [0.2, 0.25) is 0 Å². The molecule has 2 heterocycles. The van der Waals surface area contributed by atoms with Crippen molar-refractivity contribution in [2.24, 2.45) is 5.92 Å². The Bertz CT molecular complexity index is 507. The number of pyridine rings is 1. The molecule has 22 heavy (non-hydrogen) atoms. The highest BCUT2D eigenvalue weighted by atomic mass is 16.5. The summed E-state index contributed by atoms with van der Waals surface area (Å²) in [7, 11) is 1.63. The molecule has 0 saturated carbocycles. The van der Waals surface area contributed by atoms with Gasteiger partial charge in [-0.05, 0) is 12.1 Å². The normalized spacial score (nSPS) is 20.9. The minimum atomic E-state index is -0.0644. The zero-order valence-electron chi connectivity index (χ0n) is 13.1. The van der Waals surface area contributed by atoms with Crippen molar-refractivity contribution in [1.82, 2.24) is 15.2 Å². The van der Waals surface area contributed by atoms with Crippen LogP contribution < -0.4 is 5.32 Å². The molecule has 6 heteroatoms. The zero-order valence-corrected chi connectivity index (χ0v) is 13.1. The Hall–Kier alpha value is -1.95. The topological polar surface area (TPSA) is 71.5 Å². The van der Waals surface area contributed by atoms with Gasteiger partial charge in [0, 0.05) is 64.3 Å². The van der Waals surface area contributed by atoms with Crippen molar-refractivity contribution in [2.75, 3.05) is 26.7 Å². The first-order chi connectivity index (χ1) is 10.6. The summed E-state index contributed by atoms with van der Waals surface area (Å²) in [5.41, 5.74) is 0.959. The summed E-state index contributed by atoms with van der Waals surface area (Å²) >= 11 is 0. The molecule has 1 fully saturated rings. The van der Waals surface area contributed by atoms with E-state index in [-0.39, 0.29) is 23.8 Å². The van der Waals surface area contributed by atoms with E-state index in [9.17, 15) is 9.59 Å². The second-order valence-electron chi connectivity index (χ2n) is 5.58. The van der Waals surface area contributed by atoms with Crippen LogP contribution in [-0.4, -0.2) is 54.5 Å². The Morgan fingerprint density at radius 1 is 1.41 bits per heavy atom. The first-order valence-corrected chi connectivity index (χ1v) is 7.55. The van der Waals surface area contributed by atoms with Gasteiger partial charge in [-0.2, -0.15) is 0 Å². The maximum absolute atomic E-state index is 12.0. The lowest BCUT2D eigenvalue weighted by Gasteiger charge is -2.15. The van der Waals surface area contributed by atoms with E-state index in [1.807, 2.05) is 18.2 Å². The van der Waals surface area contributed by atoms with Crippen LogP contribution in [0.1, 0.15) is 19.0 Å². The van der Waals surface area contributed by atoms with E-state index in [1.165, 1.54) is 0 Å². The fourth-order valence-corrected chi connectivity index (χ4v) is 2.75. The van der Waals surface area contributed by atoms with Crippen LogP contribution in [0.15, 0.2) is 24.4 Å². The molecular weight excluding hydrogens is 282 g/mol. The number of methoxy groups -OCH3 is 1. The van der Waals surface area contributed by atoms with Crippen molar-refractivity contribution in [3.8, 4) is 0 Å². The average molecular weight is 305 g/mol. The molecule has 1 N–H and O–H groups in total. The van der Waals surface area contributed by atoms with Crippen molar-refractivity contribution in [2.45, 2.75) is 25.9 Å². The van der Waals surface area contributed by atoms with E-state index in [0.717, 1.165) is 5.69 Å². The van der Waals surface area contributed by atoms with E-state index in [2.05, 4.69) is 10.3 Å². The summed E-state index contributed by atoms with van der Waals surface area (Å²) < 4.78 is 5.39. The fraction of sp³-hybridized carbons (Fsp3) is 0.562. The Morgan fingerprint density at radius 2 is 2.23 bits per heavy atom. The smallest absolute Gasteiger partial charge is 0.220 e. The third kappa shape index (κ3) is 4.53. The third-order valence-corrected chi connectivity index (χ3v) is 4.01. The van der Waals surface area contributed by atoms with Crippen molar-refractivity contribution in [3.05, 3.63) is 30.1 Å². The molecule has 0 bridgehead atoms. The zero-order chi connectivity index (χ0) is 15.9. The van der Waals surface area contributed by atoms with E-state index < -0.39 is 0 Å². The first kappa shape index (κ1) is 16.4. The number of carbonyl (C=O) groups excluding carboxylic acids is 2. The molecule has 0 unspecified atom stereocenters. The van der Waals surface area contributed by atoms with Crippen LogP contribution >= 0.6 is 0 Å². The molecule has 0 spiro atoms. The molecule has 0 aromatic carbocycles. The number of amides is 2. The van der Waals surface area contributed by atoms with Gasteiger partial charge in [0.1, 0.15) is 0 Å². The van der Waals surface area contributed by atoms with Gasteiger partial charge in [-0.1, -0.05) is 6.07 Å². The summed E-state index contributed by atoms with van der Waals surface area (Å²) in [6.45, 7) is 3.26. The van der Waals surface area contributed by atoms with Crippen molar-refractivity contribution in [3.63, 3.8) is 0 Å². The molecule has 6 nitrogen and oxygen atoms in total. The minimum Gasteiger partial charge on any atom is -0.379 e. The van der Waals surface area contributed by atoms with Crippen LogP contribution in [0.5, 0.6) is 0 Å². The van der Waals surface area contributed by atoms with E-state index >= 15 is 0 Å². The highest BCUT2D eigenvalue weighted by molar-refractivity contribution is 5.77. The summed E-state index contributed by atoms with van der Waals surface area (Å²) in [5, 5.41) is 2.91. The van der Waals surface area contributed by atoms with E-state index in [1.54, 1.807) is 25.1 Å². The molecule has 2 atom stereocenters. The van der Waals surface area contributed by atoms with E-state index in [0.29, 0.717) is 32.5 Å². The predicted molar refractivity (Wildman–Crippen MR) is 82.1 cm³/mol. The Kier molecular flexibility index (Phi) is 5.89. The van der Waals surface area contributed by atoms with E-state index in [4.69, 9.17) is 4.74 Å². The van der Waals surface area contributed by atoms with Gasteiger partial charge < -0.3 is 15.0 Å². The maximum atomic E-state index is 12.0. The summed E-state index contributed by atoms with van der Waals surface area (Å²) in [6.07, 6.45) is 2.77. The predicted octanol–water partition coefficient (Wildman–Crippen LogP) is 0.624. The minimum absolute atomic E-state index is 0.00613. The second kappa shape index (κ2) is 7.89. The number of carbonyl (C=O) groups is 2. The first-order valence-electron chi connectivity index (χ1n) is 7.55. The molecule has 1 aliphatic rings. The molecule has 1 aromatic heterocycles. The molecule has 2 amide bonds. The monoisotopic (exact) mass is 305 g/mol. The quantitative estimate of drug-likeness (QED) is 0.836. The standard InChI is InChI=1S/C16H23N3O3/c1-12(20)19-10-13(15(11-19)22-2)9-16(21)18-8-6-14-5-3-4-7-17-14/h3-5,7,13,15H,6,8-11H2,1-2H3,(H,18,21)/t13-,15-/m0/s1. The van der Waals surface area contributed by atoms with Gasteiger partial charge in [0.2, 0.25) is 11.8 Å². The van der Waals surface area contributed by atoms with Crippen LogP contribution in [-0.2, 0) is 20.7 Å². The number of hydrogen-bond donors (Lipinski definition) is 1. The summed E-state index contributed by atoms with van der Waals surface area (Å²) in [4.78, 5) is 29.4. The molecule has 1 saturated heterocycles. The molecule has 1 aliphatic heterocycles. The largest absolute Gasteiger partial charge is 0.379 e. The van der Waals surface area contributed by atoms with Crippen LogP contribution in [0, 0.1) is 5.92 Å². The number of nitrogens with one attached hydrogen (secondary N) is 1. The van der Waals surface area contributed by atoms with Crippen LogP contribution in [0.25, 0.3) is 0 Å². The number of nitrogens with zero attached hydrogens (tertiary/aromatic N) is 2. The van der Waals surface area contributed by atoms with Crippen LogP contribution in [0.4, 0.5) is 0 Å². The lowest BCUT2D eigenvalue weighted by Crippen LogP contribution is -2.31. The number of likely N-dealkylation sites (tertiary alicyclic amines) is 1. The number of rotatable bonds is 6. The Balaban J connectivity index is 1.75. The van der Waals surface area contributed by atoms with Gasteiger partial charge in [-0.15, -0.1) is 0 Å². The number of ether oxygens (including phenoxy) is 1. The van der Waals surface area contributed by atoms with Gasteiger partial charge in [0.05, 0.1) is 6.10 Å². The van der Waals surface area contributed by atoms with Crippen LogP contribution in [0.3, 0.4) is 0 Å². The van der Waals surface area contributed by atoms with Gasteiger partial charge >= 0.3 is 0 Å². The highest BCUT2D eigenvalue weighted by Crippen LogP contribution is 2.22. The number of aromatic nitrogens is 1. The van der Waals surface area contributed by atoms with Gasteiger partial charge in [0.25, 0.3) is 0 Å². The van der Waals surface area contributed by atoms with Crippen molar-refractivity contribution >= 4 is 11.8 Å². The van der Waals surface area contributed by atoms with Gasteiger partial charge in [-0.3, -0.25) is 14.6 Å². The SMILES string of the molecule is CO[C@H]1CN(C(C)=O)C[C@@H]1CC(=O)NCCc1ccccn1. The molecular formula is C16H23N3O3. The molecule has 120 valence electrons. The third-order valence-electron chi connectivity index (χ3n) is 4.01. The van der Waals surface area contributed by atoms with Crippen molar-refractivity contribution < 1.29 is 14.3 Å². The highest BCUT2D eigenvalue weighted by Gasteiger charge is 2.35. The summed E-state index contributed by atoms with van der Waals surface area (Å²) in [6, 6.07) is 5.74. The van der Waals surface area contributed by atoms with Gasteiger partial charge in [0.15, 0.2) is 0 Å². The Morgan fingerprint density at radius 3 is 2.86 bits per heavy atom. The lowest BCUT2D eigenvalue weighted by atomic mass is 10.0. The lowest BCUT2D eigenvalue weighted by molar-refractivity contribution is -0.128. The summed E-state index contributed by atoms with van der Waals surface area (Å²) in [5.74, 6) is 0.0808. The maximum Gasteiger partial charge on any atom is 0.220 e. The number of hydrogen-bond acceptors (Lipinski definition) is 4. The molecule has 2 rings (SSSR count).